The van der Waals surface area contributed by atoms with Gasteiger partial charge in [-0.15, -0.1) is 0 Å². The van der Waals surface area contributed by atoms with Gasteiger partial charge in [0.2, 0.25) is 5.91 Å². The third-order valence-electron chi connectivity index (χ3n) is 7.96. The molecule has 0 radical (unpaired) electrons. The molecule has 4 aliphatic rings. The molecule has 4 bridgehead atoms. The summed E-state index contributed by atoms with van der Waals surface area (Å²) in [6.07, 6.45) is 7.16. The molecule has 33 heavy (non-hydrogen) atoms. The maximum Gasteiger partial charge on any atom is 0.323 e. The van der Waals surface area contributed by atoms with Gasteiger partial charge < -0.3 is 20.6 Å². The van der Waals surface area contributed by atoms with Crippen molar-refractivity contribution in [2.75, 3.05) is 5.32 Å². The second kappa shape index (κ2) is 7.61. The van der Waals surface area contributed by atoms with Crippen LogP contribution in [0.1, 0.15) is 54.4 Å². The van der Waals surface area contributed by atoms with E-state index in [9.17, 15) is 14.4 Å². The average Bonchev–Trinajstić information content (AvgIpc) is 3.16. The van der Waals surface area contributed by atoms with Gasteiger partial charge in [-0.2, -0.15) is 0 Å². The molecule has 1 aromatic heterocycles. The largest absolute Gasteiger partial charge is 0.352 e. The molecule has 4 aliphatic carbocycles. The SMILES string of the molecule is O=C(Nc1ccc2[nH]c(=O)[nH]c2c1)c1ccc(CNC(=O)C23CC4CC(CC(C4)C2)C3)cc1. The average molecular weight is 445 g/mol. The molecule has 0 atom stereocenters. The van der Waals surface area contributed by atoms with E-state index in [1.807, 2.05) is 12.1 Å². The van der Waals surface area contributed by atoms with Gasteiger partial charge in [-0.3, -0.25) is 9.59 Å². The summed E-state index contributed by atoms with van der Waals surface area (Å²) < 4.78 is 0. The fourth-order valence-electron chi connectivity index (χ4n) is 6.85. The normalized spacial score (nSPS) is 27.6. The molecule has 1 heterocycles. The van der Waals surface area contributed by atoms with Crippen molar-refractivity contribution in [3.05, 3.63) is 64.1 Å². The maximum atomic E-state index is 13.1. The number of aromatic amines is 2. The van der Waals surface area contributed by atoms with Crippen molar-refractivity contribution in [1.82, 2.24) is 15.3 Å². The molecule has 3 aromatic rings. The first-order valence-corrected chi connectivity index (χ1v) is 11.9. The zero-order valence-electron chi connectivity index (χ0n) is 18.4. The van der Waals surface area contributed by atoms with Crippen LogP contribution in [-0.4, -0.2) is 21.8 Å². The topological polar surface area (TPSA) is 107 Å². The number of carbonyl (C=O) groups is 2. The lowest BCUT2D eigenvalue weighted by Gasteiger charge is -2.55. The summed E-state index contributed by atoms with van der Waals surface area (Å²) in [6, 6.07) is 12.6. The Labute approximate surface area is 191 Å². The minimum atomic E-state index is -0.278. The molecule has 0 unspecified atom stereocenters. The number of rotatable bonds is 5. The first-order chi connectivity index (χ1) is 16.0. The van der Waals surface area contributed by atoms with Crippen LogP contribution in [0.2, 0.25) is 0 Å². The molecule has 170 valence electrons. The van der Waals surface area contributed by atoms with E-state index in [0.717, 1.165) is 42.6 Å². The van der Waals surface area contributed by atoms with E-state index in [4.69, 9.17) is 0 Å². The summed E-state index contributed by atoms with van der Waals surface area (Å²) in [7, 11) is 0. The van der Waals surface area contributed by atoms with Gasteiger partial charge in [-0.25, -0.2) is 4.79 Å². The van der Waals surface area contributed by atoms with E-state index in [2.05, 4.69) is 20.6 Å². The summed E-state index contributed by atoms with van der Waals surface area (Å²) in [5.41, 5.74) is 3.04. The Hall–Kier alpha value is -3.35. The highest BCUT2D eigenvalue weighted by atomic mass is 16.2. The number of amides is 2. The number of nitrogens with one attached hydrogen (secondary N) is 4. The molecule has 0 saturated heterocycles. The number of hydrogen-bond donors (Lipinski definition) is 4. The predicted octanol–water partition coefficient (Wildman–Crippen LogP) is 3.94. The summed E-state index contributed by atoms with van der Waals surface area (Å²) >= 11 is 0. The van der Waals surface area contributed by atoms with Gasteiger partial charge in [-0.1, -0.05) is 12.1 Å². The second-order valence-corrected chi connectivity index (χ2v) is 10.4. The monoisotopic (exact) mass is 444 g/mol. The van der Waals surface area contributed by atoms with E-state index in [1.165, 1.54) is 19.3 Å². The fourth-order valence-corrected chi connectivity index (χ4v) is 6.85. The molecular formula is C26H28N4O3. The lowest BCUT2D eigenvalue weighted by atomic mass is 9.49. The Bertz CT molecular complexity index is 1250. The molecule has 2 aromatic carbocycles. The van der Waals surface area contributed by atoms with Crippen LogP contribution < -0.4 is 16.3 Å². The Kier molecular flexibility index (Phi) is 4.67. The van der Waals surface area contributed by atoms with Crippen molar-refractivity contribution >= 4 is 28.5 Å². The smallest absolute Gasteiger partial charge is 0.323 e. The Morgan fingerprint density at radius 1 is 0.879 bits per heavy atom. The van der Waals surface area contributed by atoms with E-state index < -0.39 is 0 Å². The molecule has 0 aliphatic heterocycles. The molecule has 4 fully saturated rings. The summed E-state index contributed by atoms with van der Waals surface area (Å²) in [4.78, 5) is 42.5. The van der Waals surface area contributed by atoms with Gasteiger partial charge >= 0.3 is 5.69 Å². The van der Waals surface area contributed by atoms with E-state index >= 15 is 0 Å². The zero-order chi connectivity index (χ0) is 22.6. The Morgan fingerprint density at radius 3 is 2.18 bits per heavy atom. The number of imidazole rings is 1. The predicted molar refractivity (Wildman–Crippen MR) is 126 cm³/mol. The van der Waals surface area contributed by atoms with Gasteiger partial charge in [0.15, 0.2) is 0 Å². The number of carbonyl (C=O) groups excluding carboxylic acids is 2. The van der Waals surface area contributed by atoms with Crippen molar-refractivity contribution in [2.24, 2.45) is 23.2 Å². The van der Waals surface area contributed by atoms with E-state index in [0.29, 0.717) is 28.8 Å². The van der Waals surface area contributed by atoms with Crippen molar-refractivity contribution in [3.8, 4) is 0 Å². The Balaban J connectivity index is 1.08. The molecule has 4 saturated carbocycles. The fraction of sp³-hybridized carbons (Fsp3) is 0.423. The summed E-state index contributed by atoms with van der Waals surface area (Å²) in [5, 5.41) is 6.05. The first kappa shape index (κ1) is 20.3. The Morgan fingerprint density at radius 2 is 1.52 bits per heavy atom. The third kappa shape index (κ3) is 3.75. The maximum absolute atomic E-state index is 13.1. The minimum absolute atomic E-state index is 0.139. The number of H-pyrrole nitrogens is 2. The number of benzene rings is 2. The van der Waals surface area contributed by atoms with Crippen molar-refractivity contribution in [1.29, 1.82) is 0 Å². The van der Waals surface area contributed by atoms with Crippen LogP contribution in [0.4, 0.5) is 5.69 Å². The van der Waals surface area contributed by atoms with Crippen LogP contribution in [0, 0.1) is 23.2 Å². The van der Waals surface area contributed by atoms with Crippen LogP contribution in [-0.2, 0) is 11.3 Å². The van der Waals surface area contributed by atoms with Crippen LogP contribution >= 0.6 is 0 Å². The van der Waals surface area contributed by atoms with E-state index in [1.54, 1.807) is 30.3 Å². The molecule has 7 nitrogen and oxygen atoms in total. The number of anilines is 1. The minimum Gasteiger partial charge on any atom is -0.352 e. The van der Waals surface area contributed by atoms with Crippen LogP contribution in [0.15, 0.2) is 47.3 Å². The van der Waals surface area contributed by atoms with Gasteiger partial charge in [0.1, 0.15) is 0 Å². The van der Waals surface area contributed by atoms with Crippen molar-refractivity contribution in [3.63, 3.8) is 0 Å². The highest BCUT2D eigenvalue weighted by Crippen LogP contribution is 2.60. The van der Waals surface area contributed by atoms with E-state index in [-0.39, 0.29) is 22.9 Å². The lowest BCUT2D eigenvalue weighted by molar-refractivity contribution is -0.146. The highest BCUT2D eigenvalue weighted by Gasteiger charge is 2.54. The zero-order valence-corrected chi connectivity index (χ0v) is 18.4. The highest BCUT2D eigenvalue weighted by molar-refractivity contribution is 6.05. The molecule has 7 heteroatoms. The van der Waals surface area contributed by atoms with Crippen molar-refractivity contribution in [2.45, 2.75) is 45.1 Å². The summed E-state index contributed by atoms with van der Waals surface area (Å²) in [6.45, 7) is 0.486. The second-order valence-electron chi connectivity index (χ2n) is 10.4. The van der Waals surface area contributed by atoms with Gasteiger partial charge in [0.05, 0.1) is 11.0 Å². The standard InChI is InChI=1S/C26H28N4O3/c31-23(28-20-5-6-21-22(10-20)30-25(33)29-21)19-3-1-15(2-4-19)14-27-24(32)26-11-16-7-17(12-26)9-18(8-16)13-26/h1-6,10,16-18H,7-9,11-14H2,(H,27,32)(H,28,31)(H2,29,30,33). The third-order valence-corrected chi connectivity index (χ3v) is 7.96. The molecule has 2 amide bonds. The van der Waals surface area contributed by atoms with Gasteiger partial charge in [0, 0.05) is 23.2 Å². The molecule has 0 spiro atoms. The molecule has 7 rings (SSSR count). The number of aromatic nitrogens is 2. The summed E-state index contributed by atoms with van der Waals surface area (Å²) in [5.74, 6) is 2.24. The van der Waals surface area contributed by atoms with Crippen LogP contribution in [0.3, 0.4) is 0 Å². The quantitative estimate of drug-likeness (QED) is 0.479. The molecular weight excluding hydrogens is 416 g/mol. The van der Waals surface area contributed by atoms with Gasteiger partial charge in [0.25, 0.3) is 5.91 Å². The molecule has 4 N–H and O–H groups in total. The number of hydrogen-bond acceptors (Lipinski definition) is 3. The first-order valence-electron chi connectivity index (χ1n) is 11.9. The van der Waals surface area contributed by atoms with Gasteiger partial charge in [-0.05, 0) is 92.2 Å². The van der Waals surface area contributed by atoms with Crippen molar-refractivity contribution < 1.29 is 9.59 Å². The number of fused-ring (bicyclic) bond motifs is 1. The lowest BCUT2D eigenvalue weighted by Crippen LogP contribution is -2.53. The van der Waals surface area contributed by atoms with Crippen LogP contribution in [0.5, 0.6) is 0 Å². The van der Waals surface area contributed by atoms with Crippen LogP contribution in [0.25, 0.3) is 11.0 Å².